The summed E-state index contributed by atoms with van der Waals surface area (Å²) in [7, 11) is -3.51. The lowest BCUT2D eigenvalue weighted by molar-refractivity contribution is 0.566. The molecule has 0 saturated heterocycles. The van der Waals surface area contributed by atoms with Crippen LogP contribution in [0.2, 0.25) is 5.02 Å². The summed E-state index contributed by atoms with van der Waals surface area (Å²) < 4.78 is 25.8. The van der Waals surface area contributed by atoms with E-state index in [0.717, 1.165) is 0 Å². The highest BCUT2D eigenvalue weighted by atomic mass is 35.5. The van der Waals surface area contributed by atoms with Crippen molar-refractivity contribution in [2.45, 2.75) is 11.1 Å². The van der Waals surface area contributed by atoms with Crippen LogP contribution in [0.25, 0.3) is 0 Å². The van der Waals surface area contributed by atoms with Crippen LogP contribution in [0.15, 0.2) is 23.1 Å². The molecule has 1 aliphatic heterocycles. The first-order valence-corrected chi connectivity index (χ1v) is 6.57. The van der Waals surface area contributed by atoms with E-state index in [2.05, 4.69) is 10.0 Å². The van der Waals surface area contributed by atoms with Crippen LogP contribution in [0.1, 0.15) is 0 Å². The Morgan fingerprint density at radius 3 is 2.80 bits per heavy atom. The first kappa shape index (κ1) is 11.0. The van der Waals surface area contributed by atoms with Crippen molar-refractivity contribution in [2.75, 3.05) is 11.2 Å². The summed E-state index contributed by atoms with van der Waals surface area (Å²) >= 11 is 11.3. The third-order valence-electron chi connectivity index (χ3n) is 2.01. The molecule has 7 heteroatoms. The fourth-order valence-electron chi connectivity index (χ4n) is 1.38. The van der Waals surface area contributed by atoms with Crippen LogP contribution in [-0.2, 0) is 10.0 Å². The maximum atomic E-state index is 11.7. The van der Waals surface area contributed by atoms with Gasteiger partial charge in [0.25, 0.3) is 0 Å². The SMILES string of the molecule is O=S1(=O)NC(CCl)Nc2ccc(Cl)cc21. The quantitative estimate of drug-likeness (QED) is 0.760. The molecule has 1 heterocycles. The van der Waals surface area contributed by atoms with E-state index >= 15 is 0 Å². The highest BCUT2D eigenvalue weighted by molar-refractivity contribution is 7.89. The van der Waals surface area contributed by atoms with Crippen molar-refractivity contribution in [3.63, 3.8) is 0 Å². The highest BCUT2D eigenvalue weighted by Crippen LogP contribution is 2.28. The number of anilines is 1. The number of hydrogen-bond acceptors (Lipinski definition) is 3. The lowest BCUT2D eigenvalue weighted by Gasteiger charge is -2.26. The van der Waals surface area contributed by atoms with Crippen molar-refractivity contribution < 1.29 is 8.42 Å². The molecule has 0 saturated carbocycles. The fourth-order valence-corrected chi connectivity index (χ4v) is 3.20. The summed E-state index contributed by atoms with van der Waals surface area (Å²) in [4.78, 5) is 0.149. The molecule has 0 radical (unpaired) electrons. The molecule has 1 aromatic rings. The van der Waals surface area contributed by atoms with E-state index in [0.29, 0.717) is 10.7 Å². The Bertz CT molecular complexity index is 489. The number of fused-ring (bicyclic) bond motifs is 1. The van der Waals surface area contributed by atoms with E-state index in [1.165, 1.54) is 6.07 Å². The van der Waals surface area contributed by atoms with Crippen molar-refractivity contribution in [3.8, 4) is 0 Å². The van der Waals surface area contributed by atoms with Gasteiger partial charge in [0.2, 0.25) is 10.0 Å². The van der Waals surface area contributed by atoms with Gasteiger partial charge in [0.05, 0.1) is 11.6 Å². The largest absolute Gasteiger partial charge is 0.367 e. The van der Waals surface area contributed by atoms with Gasteiger partial charge in [-0.1, -0.05) is 11.6 Å². The second kappa shape index (κ2) is 3.83. The summed E-state index contributed by atoms with van der Waals surface area (Å²) in [6.07, 6.45) is -0.481. The van der Waals surface area contributed by atoms with Crippen molar-refractivity contribution in [1.82, 2.24) is 4.72 Å². The van der Waals surface area contributed by atoms with Gasteiger partial charge in [0.15, 0.2) is 0 Å². The van der Waals surface area contributed by atoms with E-state index in [4.69, 9.17) is 23.2 Å². The molecule has 0 aliphatic carbocycles. The van der Waals surface area contributed by atoms with Gasteiger partial charge in [-0.2, -0.15) is 4.72 Å². The molecule has 0 spiro atoms. The van der Waals surface area contributed by atoms with Crippen LogP contribution in [0.3, 0.4) is 0 Å². The number of nitrogens with one attached hydrogen (secondary N) is 2. The molecule has 1 aliphatic rings. The minimum atomic E-state index is -3.51. The van der Waals surface area contributed by atoms with Gasteiger partial charge in [-0.05, 0) is 18.2 Å². The maximum Gasteiger partial charge on any atom is 0.244 e. The first-order valence-electron chi connectivity index (χ1n) is 4.17. The molecule has 0 fully saturated rings. The summed E-state index contributed by atoms with van der Waals surface area (Å²) in [5, 5.41) is 3.33. The maximum absolute atomic E-state index is 11.7. The minimum absolute atomic E-state index is 0.149. The highest BCUT2D eigenvalue weighted by Gasteiger charge is 2.28. The van der Waals surface area contributed by atoms with E-state index < -0.39 is 16.2 Å². The molecule has 1 aromatic carbocycles. The molecule has 2 N–H and O–H groups in total. The Kier molecular flexibility index (Phi) is 2.81. The second-order valence-corrected chi connectivity index (χ2v) is 5.54. The third-order valence-corrected chi connectivity index (χ3v) is 4.07. The molecule has 1 atom stereocenters. The zero-order valence-electron chi connectivity index (χ0n) is 7.50. The van der Waals surface area contributed by atoms with E-state index in [9.17, 15) is 8.42 Å². The third kappa shape index (κ3) is 2.06. The van der Waals surface area contributed by atoms with Gasteiger partial charge in [0, 0.05) is 5.02 Å². The van der Waals surface area contributed by atoms with Gasteiger partial charge in [-0.25, -0.2) is 8.42 Å². The van der Waals surface area contributed by atoms with Crippen molar-refractivity contribution in [2.24, 2.45) is 0 Å². The Morgan fingerprint density at radius 1 is 1.40 bits per heavy atom. The molecule has 0 amide bonds. The lowest BCUT2D eigenvalue weighted by atomic mass is 10.3. The average molecular weight is 267 g/mol. The fraction of sp³-hybridized carbons (Fsp3) is 0.250. The molecule has 2 rings (SSSR count). The zero-order valence-corrected chi connectivity index (χ0v) is 9.83. The second-order valence-electron chi connectivity index (χ2n) is 3.11. The summed E-state index contributed by atoms with van der Waals surface area (Å²) in [6.45, 7) is 0. The number of hydrogen-bond donors (Lipinski definition) is 2. The topological polar surface area (TPSA) is 58.2 Å². The standard InChI is InChI=1S/C8H8Cl2N2O2S/c9-4-8-11-6-2-1-5(10)3-7(6)15(13,14)12-8/h1-3,8,11-12H,4H2. The number of benzene rings is 1. The lowest BCUT2D eigenvalue weighted by Crippen LogP contribution is -2.45. The Morgan fingerprint density at radius 2 is 2.13 bits per heavy atom. The molecular weight excluding hydrogens is 259 g/mol. The molecule has 1 unspecified atom stereocenters. The number of halogens is 2. The van der Waals surface area contributed by atoms with Gasteiger partial charge in [-0.15, -0.1) is 11.6 Å². The Labute approximate surface area is 97.6 Å². The van der Waals surface area contributed by atoms with Gasteiger partial charge < -0.3 is 5.32 Å². The van der Waals surface area contributed by atoms with Crippen LogP contribution in [-0.4, -0.2) is 20.5 Å². The predicted octanol–water partition coefficient (Wildman–Crippen LogP) is 1.61. The van der Waals surface area contributed by atoms with Crippen LogP contribution in [0.5, 0.6) is 0 Å². The molecular formula is C8H8Cl2N2O2S. The Balaban J connectivity index is 2.55. The zero-order chi connectivity index (χ0) is 11.1. The van der Waals surface area contributed by atoms with Crippen molar-refractivity contribution in [1.29, 1.82) is 0 Å². The van der Waals surface area contributed by atoms with E-state index in [1.54, 1.807) is 12.1 Å². The van der Waals surface area contributed by atoms with Crippen molar-refractivity contribution >= 4 is 38.9 Å². The van der Waals surface area contributed by atoms with Crippen molar-refractivity contribution in [3.05, 3.63) is 23.2 Å². The Hall–Kier alpha value is -0.490. The summed E-state index contributed by atoms with van der Waals surface area (Å²) in [6, 6.07) is 4.64. The molecule has 0 aromatic heterocycles. The smallest absolute Gasteiger partial charge is 0.244 e. The van der Waals surface area contributed by atoms with Gasteiger partial charge >= 0.3 is 0 Å². The van der Waals surface area contributed by atoms with E-state index in [1.807, 2.05) is 0 Å². The number of rotatable bonds is 1. The summed E-state index contributed by atoms with van der Waals surface area (Å²) in [5.41, 5.74) is 0.517. The first-order chi connectivity index (χ1) is 7.03. The molecule has 82 valence electrons. The summed E-state index contributed by atoms with van der Waals surface area (Å²) in [5.74, 6) is 0.154. The van der Waals surface area contributed by atoms with Crippen LogP contribution >= 0.6 is 23.2 Å². The molecule has 4 nitrogen and oxygen atoms in total. The monoisotopic (exact) mass is 266 g/mol. The normalized spacial score (nSPS) is 22.9. The number of alkyl halides is 1. The predicted molar refractivity (Wildman–Crippen MR) is 59.9 cm³/mol. The molecule has 15 heavy (non-hydrogen) atoms. The average Bonchev–Trinajstić information content (AvgIpc) is 2.18. The van der Waals surface area contributed by atoms with E-state index in [-0.39, 0.29) is 10.8 Å². The number of sulfonamides is 1. The minimum Gasteiger partial charge on any atom is -0.367 e. The van der Waals surface area contributed by atoms with Gasteiger partial charge in [0.1, 0.15) is 11.1 Å². The van der Waals surface area contributed by atoms with Gasteiger partial charge in [-0.3, -0.25) is 0 Å². The van der Waals surface area contributed by atoms with Crippen LogP contribution < -0.4 is 10.0 Å². The van der Waals surface area contributed by atoms with Crippen LogP contribution in [0.4, 0.5) is 5.69 Å². The van der Waals surface area contributed by atoms with Crippen LogP contribution in [0, 0.1) is 0 Å². The molecule has 0 bridgehead atoms.